The summed E-state index contributed by atoms with van der Waals surface area (Å²) >= 11 is 0. The topological polar surface area (TPSA) is 29.9 Å². The van der Waals surface area contributed by atoms with Crippen molar-refractivity contribution in [3.8, 4) is 0 Å². The Kier molecular flexibility index (Phi) is 4.09. The number of halogens is 3. The van der Waals surface area contributed by atoms with Crippen LogP contribution in [0.5, 0.6) is 0 Å². The summed E-state index contributed by atoms with van der Waals surface area (Å²) in [6, 6.07) is 4.02. The van der Waals surface area contributed by atoms with Crippen LogP contribution in [0.2, 0.25) is 0 Å². The molecule has 0 aliphatic rings. The minimum atomic E-state index is -0.876. The van der Waals surface area contributed by atoms with Crippen LogP contribution in [-0.4, -0.2) is 16.5 Å². The van der Waals surface area contributed by atoms with E-state index in [2.05, 4.69) is 10.4 Å². The van der Waals surface area contributed by atoms with Gasteiger partial charge < -0.3 is 5.32 Å². The van der Waals surface area contributed by atoms with Crippen LogP contribution in [0, 0.1) is 18.6 Å². The summed E-state index contributed by atoms with van der Waals surface area (Å²) in [6.45, 7) is 1.61. The third kappa shape index (κ3) is 3.07. The quantitative estimate of drug-likeness (QED) is 0.904. The van der Waals surface area contributed by atoms with E-state index < -0.39 is 18.3 Å². The molecule has 0 spiro atoms. The van der Waals surface area contributed by atoms with Gasteiger partial charge in [-0.2, -0.15) is 5.10 Å². The number of nitrogens with zero attached hydrogens (tertiary/aromatic N) is 2. The van der Waals surface area contributed by atoms with Crippen LogP contribution in [0.1, 0.15) is 11.1 Å². The molecule has 0 aliphatic carbocycles. The van der Waals surface area contributed by atoms with Crippen LogP contribution in [0.25, 0.3) is 0 Å². The van der Waals surface area contributed by atoms with Crippen LogP contribution in [0.4, 0.5) is 19.0 Å². The minimum Gasteiger partial charge on any atom is -0.364 e. The molecule has 0 saturated carbocycles. The third-order valence-electron chi connectivity index (χ3n) is 2.74. The largest absolute Gasteiger partial charge is 0.364 e. The highest BCUT2D eigenvalue weighted by atomic mass is 19.2. The van der Waals surface area contributed by atoms with Crippen LogP contribution >= 0.6 is 0 Å². The van der Waals surface area contributed by atoms with Crippen LogP contribution in [0.15, 0.2) is 24.4 Å². The number of rotatable bonds is 5. The zero-order valence-electron chi connectivity index (χ0n) is 10.5. The zero-order valence-corrected chi connectivity index (χ0v) is 10.5. The SMILES string of the molecule is Cc1cn(CCF)nc1NCc1cccc(F)c1F. The Morgan fingerprint density at radius 3 is 2.84 bits per heavy atom. The molecule has 1 N–H and O–H groups in total. The molecule has 0 unspecified atom stereocenters. The van der Waals surface area contributed by atoms with Gasteiger partial charge in [-0.15, -0.1) is 0 Å². The van der Waals surface area contributed by atoms with Crippen molar-refractivity contribution in [3.05, 3.63) is 47.2 Å². The minimum absolute atomic E-state index is 0.122. The molecule has 0 radical (unpaired) electrons. The van der Waals surface area contributed by atoms with E-state index in [1.807, 2.05) is 6.92 Å². The Balaban J connectivity index is 2.08. The van der Waals surface area contributed by atoms with Crippen molar-refractivity contribution >= 4 is 5.82 Å². The first-order valence-electron chi connectivity index (χ1n) is 5.88. The smallest absolute Gasteiger partial charge is 0.163 e. The van der Waals surface area contributed by atoms with Crippen molar-refractivity contribution in [2.24, 2.45) is 0 Å². The highest BCUT2D eigenvalue weighted by molar-refractivity contribution is 5.42. The highest BCUT2D eigenvalue weighted by Gasteiger charge is 2.09. The lowest BCUT2D eigenvalue weighted by molar-refractivity contribution is 0.427. The molecule has 19 heavy (non-hydrogen) atoms. The van der Waals surface area contributed by atoms with Gasteiger partial charge in [-0.3, -0.25) is 4.68 Å². The molecule has 3 nitrogen and oxygen atoms in total. The van der Waals surface area contributed by atoms with Gasteiger partial charge in [-0.1, -0.05) is 12.1 Å². The van der Waals surface area contributed by atoms with Crippen molar-refractivity contribution in [3.63, 3.8) is 0 Å². The van der Waals surface area contributed by atoms with Gasteiger partial charge in [0.1, 0.15) is 6.67 Å². The molecule has 2 rings (SSSR count). The molecule has 1 aromatic heterocycles. The summed E-state index contributed by atoms with van der Waals surface area (Å²) in [6.07, 6.45) is 1.70. The Morgan fingerprint density at radius 2 is 2.11 bits per heavy atom. The Hall–Kier alpha value is -1.98. The monoisotopic (exact) mass is 269 g/mol. The fourth-order valence-corrected chi connectivity index (χ4v) is 1.76. The predicted molar refractivity (Wildman–Crippen MR) is 66.6 cm³/mol. The molecule has 0 atom stereocenters. The van der Waals surface area contributed by atoms with Gasteiger partial charge in [0.2, 0.25) is 0 Å². The second-order valence-electron chi connectivity index (χ2n) is 4.18. The van der Waals surface area contributed by atoms with E-state index >= 15 is 0 Å². The first kappa shape index (κ1) is 13.5. The van der Waals surface area contributed by atoms with Gasteiger partial charge in [0.15, 0.2) is 17.5 Å². The van der Waals surface area contributed by atoms with Crippen molar-refractivity contribution < 1.29 is 13.2 Å². The second kappa shape index (κ2) is 5.77. The first-order valence-corrected chi connectivity index (χ1v) is 5.88. The molecular formula is C13H14F3N3. The van der Waals surface area contributed by atoms with Crippen LogP contribution in [0.3, 0.4) is 0 Å². The van der Waals surface area contributed by atoms with Gasteiger partial charge in [-0.25, -0.2) is 13.2 Å². The number of aromatic nitrogens is 2. The van der Waals surface area contributed by atoms with Crippen molar-refractivity contribution in [2.75, 3.05) is 12.0 Å². The van der Waals surface area contributed by atoms with Gasteiger partial charge in [0, 0.05) is 23.9 Å². The lowest BCUT2D eigenvalue weighted by Gasteiger charge is -2.06. The van der Waals surface area contributed by atoms with E-state index in [1.54, 1.807) is 6.20 Å². The summed E-state index contributed by atoms with van der Waals surface area (Å²) in [5.74, 6) is -1.20. The van der Waals surface area contributed by atoms with Gasteiger partial charge >= 0.3 is 0 Å². The second-order valence-corrected chi connectivity index (χ2v) is 4.18. The molecular weight excluding hydrogens is 255 g/mol. The lowest BCUT2D eigenvalue weighted by Crippen LogP contribution is -2.06. The normalized spacial score (nSPS) is 10.7. The maximum absolute atomic E-state index is 13.4. The van der Waals surface area contributed by atoms with Gasteiger partial charge in [0.25, 0.3) is 0 Å². The van der Waals surface area contributed by atoms with Crippen LogP contribution in [-0.2, 0) is 13.1 Å². The van der Waals surface area contributed by atoms with E-state index in [-0.39, 0.29) is 18.7 Å². The van der Waals surface area contributed by atoms with Gasteiger partial charge in [0.05, 0.1) is 6.54 Å². The van der Waals surface area contributed by atoms with E-state index in [0.717, 1.165) is 11.6 Å². The summed E-state index contributed by atoms with van der Waals surface area (Å²) in [5, 5.41) is 7.03. The average Bonchev–Trinajstić information content (AvgIpc) is 2.72. The summed E-state index contributed by atoms with van der Waals surface area (Å²) in [5.41, 5.74) is 1.05. The number of benzene rings is 1. The van der Waals surface area contributed by atoms with Crippen molar-refractivity contribution in [2.45, 2.75) is 20.0 Å². The number of hydrogen-bond acceptors (Lipinski definition) is 2. The zero-order chi connectivity index (χ0) is 13.8. The molecule has 1 aromatic carbocycles. The summed E-state index contributed by atoms with van der Waals surface area (Å²) in [4.78, 5) is 0. The first-order chi connectivity index (χ1) is 9.11. The van der Waals surface area contributed by atoms with E-state index in [1.165, 1.54) is 16.8 Å². The maximum Gasteiger partial charge on any atom is 0.163 e. The Bertz CT molecular complexity index is 566. The molecule has 6 heteroatoms. The molecule has 0 bridgehead atoms. The molecule has 102 valence electrons. The van der Waals surface area contributed by atoms with Crippen LogP contribution < -0.4 is 5.32 Å². The number of aryl methyl sites for hydroxylation is 2. The Labute approximate surface area is 109 Å². The lowest BCUT2D eigenvalue weighted by atomic mass is 10.2. The molecule has 0 saturated heterocycles. The van der Waals surface area contributed by atoms with Gasteiger partial charge in [-0.05, 0) is 13.0 Å². The fraction of sp³-hybridized carbons (Fsp3) is 0.308. The molecule has 0 fully saturated rings. The van der Waals surface area contributed by atoms with Crippen molar-refractivity contribution in [1.29, 1.82) is 0 Å². The molecule has 2 aromatic rings. The van der Waals surface area contributed by atoms with E-state index in [0.29, 0.717) is 5.82 Å². The number of hydrogen-bond donors (Lipinski definition) is 1. The fourth-order valence-electron chi connectivity index (χ4n) is 1.76. The standard InChI is InChI=1S/C13H14F3N3/c1-9-8-19(6-5-14)18-13(9)17-7-10-3-2-4-11(15)12(10)16/h2-4,8H,5-7H2,1H3,(H,17,18). The average molecular weight is 269 g/mol. The molecule has 0 aliphatic heterocycles. The Morgan fingerprint density at radius 1 is 1.32 bits per heavy atom. The van der Waals surface area contributed by atoms with E-state index in [4.69, 9.17) is 0 Å². The molecule has 0 amide bonds. The number of anilines is 1. The summed E-state index contributed by atoms with van der Waals surface area (Å²) < 4.78 is 40.1. The van der Waals surface area contributed by atoms with Crippen molar-refractivity contribution in [1.82, 2.24) is 9.78 Å². The number of nitrogens with one attached hydrogen (secondary N) is 1. The highest BCUT2D eigenvalue weighted by Crippen LogP contribution is 2.16. The summed E-state index contributed by atoms with van der Waals surface area (Å²) in [7, 11) is 0. The molecule has 1 heterocycles. The maximum atomic E-state index is 13.4. The van der Waals surface area contributed by atoms with E-state index in [9.17, 15) is 13.2 Å². The predicted octanol–water partition coefficient (Wildman–Crippen LogP) is 3.05. The third-order valence-corrected chi connectivity index (χ3v) is 2.74. The number of alkyl halides is 1.